The van der Waals surface area contributed by atoms with Crippen LogP contribution in [-0.2, 0) is 10.8 Å². The molecule has 0 amide bonds. The van der Waals surface area contributed by atoms with Gasteiger partial charge < -0.3 is 10.6 Å². The maximum atomic E-state index is 3.81. The van der Waals surface area contributed by atoms with E-state index in [-0.39, 0.29) is 11.5 Å². The van der Waals surface area contributed by atoms with E-state index in [0.717, 1.165) is 23.5 Å². The molecule has 1 unspecified atom stereocenters. The lowest BCUT2D eigenvalue weighted by Crippen LogP contribution is -2.28. The van der Waals surface area contributed by atoms with Crippen LogP contribution in [0.15, 0.2) is 273 Å². The van der Waals surface area contributed by atoms with Crippen molar-refractivity contribution in [1.29, 1.82) is 0 Å². The molecule has 0 aliphatic heterocycles. The number of anilines is 3. The van der Waals surface area contributed by atoms with Crippen LogP contribution in [0.1, 0.15) is 59.2 Å². The molecule has 2 N–H and O–H groups in total. The number of hydrogen-bond acceptors (Lipinski definition) is 2. The molecular formula is C74H56N2. The van der Waals surface area contributed by atoms with Crippen LogP contribution in [0.25, 0.3) is 72.0 Å². The Balaban J connectivity index is 0.641. The molecule has 3 aliphatic carbocycles. The number of benzene rings is 11. The summed E-state index contributed by atoms with van der Waals surface area (Å²) in [5.74, 6) is 0. The van der Waals surface area contributed by atoms with Gasteiger partial charge in [-0.1, -0.05) is 238 Å². The first-order chi connectivity index (χ1) is 37.4. The van der Waals surface area contributed by atoms with E-state index < -0.39 is 5.41 Å². The Morgan fingerprint density at radius 1 is 0.368 bits per heavy atom. The summed E-state index contributed by atoms with van der Waals surface area (Å²) in [5.41, 5.74) is 26.0. The van der Waals surface area contributed by atoms with Gasteiger partial charge in [0, 0.05) is 28.5 Å². The minimum atomic E-state index is -0.421. The highest BCUT2D eigenvalue weighted by Gasteiger charge is 2.46. The summed E-state index contributed by atoms with van der Waals surface area (Å²) in [5, 5.41) is 9.94. The first-order valence-electron chi connectivity index (χ1n) is 26.7. The molecule has 11 aromatic rings. The Kier molecular flexibility index (Phi) is 10.9. The SMILES string of the molecule is CC1(C)c2ccccc2-c2ccc(C3=CCC(Nc4ccc5c(-c6ccc(-c7ccc(Nc8ccc(-c9ccc%10c(c9)C(c9ccccc9)(c9ccccc9)c9ccccc9-%10)cc8)cc7)cc6)cccc5c4)C=C3)cc21. The molecule has 0 aromatic heterocycles. The van der Waals surface area contributed by atoms with E-state index in [1.54, 1.807) is 0 Å². The summed E-state index contributed by atoms with van der Waals surface area (Å²) in [4.78, 5) is 0. The van der Waals surface area contributed by atoms with Crippen molar-refractivity contribution in [2.75, 3.05) is 10.6 Å². The first-order valence-corrected chi connectivity index (χ1v) is 26.7. The molecule has 362 valence electrons. The maximum absolute atomic E-state index is 3.81. The van der Waals surface area contributed by atoms with Crippen molar-refractivity contribution in [2.45, 2.75) is 37.1 Å². The van der Waals surface area contributed by atoms with Crippen LogP contribution in [0.3, 0.4) is 0 Å². The number of hydrogen-bond donors (Lipinski definition) is 2. The highest BCUT2D eigenvalue weighted by atomic mass is 14.9. The van der Waals surface area contributed by atoms with Crippen molar-refractivity contribution in [3.05, 3.63) is 312 Å². The molecule has 76 heavy (non-hydrogen) atoms. The molecule has 0 bridgehead atoms. The Morgan fingerprint density at radius 3 is 1.53 bits per heavy atom. The minimum absolute atomic E-state index is 0.00214. The molecule has 0 heterocycles. The Hall–Kier alpha value is -9.24. The third kappa shape index (κ3) is 7.63. The molecule has 11 aromatic carbocycles. The molecule has 0 spiro atoms. The van der Waals surface area contributed by atoms with Crippen molar-refractivity contribution in [2.24, 2.45) is 0 Å². The van der Waals surface area contributed by atoms with Gasteiger partial charge in [-0.2, -0.15) is 0 Å². The molecule has 14 rings (SSSR count). The summed E-state index contributed by atoms with van der Waals surface area (Å²) >= 11 is 0. The van der Waals surface area contributed by atoms with E-state index in [4.69, 9.17) is 0 Å². The van der Waals surface area contributed by atoms with Gasteiger partial charge in [-0.15, -0.1) is 0 Å². The molecule has 3 aliphatic rings. The summed E-state index contributed by atoms with van der Waals surface area (Å²) in [6, 6.07) is 94.1. The number of allylic oxidation sites excluding steroid dienone is 2. The predicted octanol–water partition coefficient (Wildman–Crippen LogP) is 19.1. The van der Waals surface area contributed by atoms with Crippen molar-refractivity contribution < 1.29 is 0 Å². The summed E-state index contributed by atoms with van der Waals surface area (Å²) in [6.45, 7) is 4.70. The van der Waals surface area contributed by atoms with Crippen LogP contribution in [0.2, 0.25) is 0 Å². The normalized spacial score (nSPS) is 15.3. The number of rotatable bonds is 10. The largest absolute Gasteiger partial charge is 0.379 e. The van der Waals surface area contributed by atoms with E-state index in [9.17, 15) is 0 Å². The standard InChI is InChI=1S/C74H56N2/c1-73(2)69-22-11-9-19-65(69)67-43-34-54(47-71(67)73)51-32-40-61(41-33-51)76-62-42-45-64-56(46-62)14-13-21-63(64)53-26-24-49(25-27-53)50-28-36-59(37-29-50)75-60-38-30-52(31-39-60)55-35-44-68-66-20-10-12-23-70(66)74(72(68)48-55,57-15-5-3-6-16-57)58-17-7-4-8-18-58/h3-40,42-48,61,75-76H,41H2,1-2H3. The number of nitrogens with one attached hydrogen (secondary N) is 2. The monoisotopic (exact) mass is 972 g/mol. The molecule has 2 heteroatoms. The van der Waals surface area contributed by atoms with Crippen molar-refractivity contribution in [3.8, 4) is 55.6 Å². The van der Waals surface area contributed by atoms with Crippen LogP contribution < -0.4 is 10.6 Å². The zero-order chi connectivity index (χ0) is 50.8. The van der Waals surface area contributed by atoms with Gasteiger partial charge in [-0.05, 0) is 166 Å². The molecule has 1 atom stereocenters. The van der Waals surface area contributed by atoms with Crippen LogP contribution in [0, 0.1) is 0 Å². The highest BCUT2D eigenvalue weighted by molar-refractivity contribution is 5.99. The van der Waals surface area contributed by atoms with E-state index in [2.05, 4.69) is 297 Å². The lowest BCUT2D eigenvalue weighted by atomic mass is 9.67. The Morgan fingerprint density at radius 2 is 0.868 bits per heavy atom. The van der Waals surface area contributed by atoms with Crippen LogP contribution in [0.5, 0.6) is 0 Å². The average molecular weight is 973 g/mol. The fourth-order valence-corrected chi connectivity index (χ4v) is 12.8. The third-order valence-electron chi connectivity index (χ3n) is 16.6. The van der Waals surface area contributed by atoms with Crippen LogP contribution >= 0.6 is 0 Å². The van der Waals surface area contributed by atoms with E-state index in [1.807, 2.05) is 0 Å². The number of fused-ring (bicyclic) bond motifs is 7. The summed E-state index contributed by atoms with van der Waals surface area (Å²) in [6.07, 6.45) is 7.94. The molecule has 0 saturated heterocycles. The summed E-state index contributed by atoms with van der Waals surface area (Å²) in [7, 11) is 0. The molecule has 0 fully saturated rings. The quantitative estimate of drug-likeness (QED) is 0.143. The van der Waals surface area contributed by atoms with Crippen LogP contribution in [0.4, 0.5) is 17.1 Å². The minimum Gasteiger partial charge on any atom is -0.379 e. The van der Waals surface area contributed by atoms with Gasteiger partial charge in [0.15, 0.2) is 0 Å². The lowest BCUT2D eigenvalue weighted by molar-refractivity contribution is 0.660. The second-order valence-electron chi connectivity index (χ2n) is 21.3. The Labute approximate surface area is 446 Å². The molecule has 2 nitrogen and oxygen atoms in total. The first kappa shape index (κ1) is 45.4. The van der Waals surface area contributed by atoms with E-state index in [1.165, 1.54) is 111 Å². The lowest BCUT2D eigenvalue weighted by Gasteiger charge is -2.34. The maximum Gasteiger partial charge on any atom is 0.0713 e. The van der Waals surface area contributed by atoms with Gasteiger partial charge in [-0.25, -0.2) is 0 Å². The van der Waals surface area contributed by atoms with Gasteiger partial charge >= 0.3 is 0 Å². The van der Waals surface area contributed by atoms with E-state index in [0.29, 0.717) is 0 Å². The Bertz CT molecular complexity index is 4030. The van der Waals surface area contributed by atoms with Gasteiger partial charge in [-0.3, -0.25) is 0 Å². The molecule has 0 radical (unpaired) electrons. The fourth-order valence-electron chi connectivity index (χ4n) is 12.8. The smallest absolute Gasteiger partial charge is 0.0713 e. The predicted molar refractivity (Wildman–Crippen MR) is 320 cm³/mol. The van der Waals surface area contributed by atoms with Crippen molar-refractivity contribution >= 4 is 33.4 Å². The van der Waals surface area contributed by atoms with Gasteiger partial charge in [0.1, 0.15) is 0 Å². The topological polar surface area (TPSA) is 24.1 Å². The second kappa shape index (κ2) is 18.3. The van der Waals surface area contributed by atoms with Crippen molar-refractivity contribution in [1.82, 2.24) is 0 Å². The second-order valence-corrected chi connectivity index (χ2v) is 21.3. The van der Waals surface area contributed by atoms with Crippen LogP contribution in [-0.4, -0.2) is 6.04 Å². The van der Waals surface area contributed by atoms with Crippen molar-refractivity contribution in [3.63, 3.8) is 0 Å². The zero-order valence-electron chi connectivity index (χ0n) is 42.8. The fraction of sp³-hybridized carbons (Fsp3) is 0.0811. The van der Waals surface area contributed by atoms with Gasteiger partial charge in [0.25, 0.3) is 0 Å². The zero-order valence-corrected chi connectivity index (χ0v) is 42.8. The average Bonchev–Trinajstić information content (AvgIpc) is 3.91. The van der Waals surface area contributed by atoms with E-state index >= 15 is 0 Å². The van der Waals surface area contributed by atoms with Gasteiger partial charge in [0.05, 0.1) is 5.41 Å². The highest BCUT2D eigenvalue weighted by Crippen LogP contribution is 2.57. The summed E-state index contributed by atoms with van der Waals surface area (Å²) < 4.78 is 0. The van der Waals surface area contributed by atoms with Gasteiger partial charge in [0.2, 0.25) is 0 Å². The third-order valence-corrected chi connectivity index (χ3v) is 16.6. The molecular weight excluding hydrogens is 917 g/mol. The molecule has 0 saturated carbocycles.